The van der Waals surface area contributed by atoms with Gasteiger partial charge in [-0.3, -0.25) is 9.59 Å². The Morgan fingerprint density at radius 1 is 1.22 bits per heavy atom. The lowest BCUT2D eigenvalue weighted by Crippen LogP contribution is -2.41. The summed E-state index contributed by atoms with van der Waals surface area (Å²) >= 11 is 7.03. The zero-order valence-corrected chi connectivity index (χ0v) is 19.6. The Morgan fingerprint density at radius 2 is 2.03 bits per heavy atom. The van der Waals surface area contributed by atoms with E-state index < -0.39 is 0 Å². The van der Waals surface area contributed by atoms with Crippen molar-refractivity contribution in [2.75, 3.05) is 17.2 Å². The number of nitrogens with zero attached hydrogens (tertiary/aromatic N) is 3. The minimum absolute atomic E-state index is 0.0321. The first kappa shape index (κ1) is 21.3. The van der Waals surface area contributed by atoms with Crippen LogP contribution in [0, 0.1) is 11.8 Å². The van der Waals surface area contributed by atoms with Crippen LogP contribution >= 0.6 is 23.6 Å². The molecule has 3 aliphatic rings. The normalized spacial score (nSPS) is 19.7. The summed E-state index contributed by atoms with van der Waals surface area (Å²) in [4.78, 5) is 26.8. The Labute approximate surface area is 195 Å². The van der Waals surface area contributed by atoms with E-state index >= 15 is 0 Å². The molecule has 2 heterocycles. The summed E-state index contributed by atoms with van der Waals surface area (Å²) in [5.41, 5.74) is 1.67. The Hall–Kier alpha value is -2.53. The number of rotatable bonds is 7. The fourth-order valence-corrected chi connectivity index (χ4v) is 5.50. The van der Waals surface area contributed by atoms with E-state index in [1.54, 1.807) is 29.3 Å². The second kappa shape index (κ2) is 8.78. The quantitative estimate of drug-likeness (QED) is 0.456. The van der Waals surface area contributed by atoms with Crippen LogP contribution in [0.5, 0.6) is 0 Å². The number of aryl methyl sites for hydroxylation is 2. The van der Waals surface area contributed by atoms with Gasteiger partial charge in [0.1, 0.15) is 5.00 Å². The molecule has 2 aromatic rings. The molecule has 0 saturated heterocycles. The zero-order chi connectivity index (χ0) is 22.2. The van der Waals surface area contributed by atoms with Gasteiger partial charge in [-0.05, 0) is 68.6 Å². The van der Waals surface area contributed by atoms with Crippen molar-refractivity contribution < 1.29 is 9.59 Å². The molecule has 32 heavy (non-hydrogen) atoms. The summed E-state index contributed by atoms with van der Waals surface area (Å²) in [6, 6.07) is 0.0975. The number of anilines is 2. The number of hydrogen-bond donors (Lipinski definition) is 4. The first-order valence-corrected chi connectivity index (χ1v) is 12.4. The highest BCUT2D eigenvalue weighted by atomic mass is 32.1. The van der Waals surface area contributed by atoms with Gasteiger partial charge in [-0.1, -0.05) is 5.21 Å². The maximum absolute atomic E-state index is 13.1. The van der Waals surface area contributed by atoms with Gasteiger partial charge < -0.3 is 21.3 Å². The highest BCUT2D eigenvalue weighted by molar-refractivity contribution is 7.80. The Bertz CT molecular complexity index is 1050. The van der Waals surface area contributed by atoms with Gasteiger partial charge in [-0.15, -0.1) is 16.4 Å². The summed E-state index contributed by atoms with van der Waals surface area (Å²) in [5, 5.41) is 21.6. The summed E-state index contributed by atoms with van der Waals surface area (Å²) in [7, 11) is 1.79. The van der Waals surface area contributed by atoms with Gasteiger partial charge in [-0.2, -0.15) is 0 Å². The van der Waals surface area contributed by atoms with E-state index in [1.165, 1.54) is 17.7 Å². The number of thiocarbonyl (C=S) groups is 1. The third kappa shape index (κ3) is 4.78. The molecule has 4 N–H and O–H groups in total. The van der Waals surface area contributed by atoms with Crippen molar-refractivity contribution in [3.8, 4) is 0 Å². The van der Waals surface area contributed by atoms with E-state index in [9.17, 15) is 9.59 Å². The predicted molar refractivity (Wildman–Crippen MR) is 127 cm³/mol. The Balaban J connectivity index is 1.31. The molecule has 1 atom stereocenters. The highest BCUT2D eigenvalue weighted by Gasteiger charge is 2.34. The van der Waals surface area contributed by atoms with Gasteiger partial charge in [0.2, 0.25) is 5.91 Å². The van der Waals surface area contributed by atoms with Crippen LogP contribution in [-0.4, -0.2) is 44.5 Å². The van der Waals surface area contributed by atoms with Crippen LogP contribution in [0.4, 0.5) is 10.8 Å². The SMILES string of the molecule is Cn1nncc1NC(=S)N[C@H]1CCc2sc(NC(=O)C3CC3)c(C(=O)NCC3CC3)c2C1. The molecule has 11 heteroatoms. The molecule has 2 aromatic heterocycles. The molecule has 2 saturated carbocycles. The van der Waals surface area contributed by atoms with Crippen molar-refractivity contribution in [1.82, 2.24) is 25.6 Å². The van der Waals surface area contributed by atoms with E-state index in [0.29, 0.717) is 40.4 Å². The summed E-state index contributed by atoms with van der Waals surface area (Å²) in [6.07, 6.45) is 8.26. The van der Waals surface area contributed by atoms with E-state index in [-0.39, 0.29) is 23.8 Å². The summed E-state index contributed by atoms with van der Waals surface area (Å²) in [5.74, 6) is 1.35. The minimum atomic E-state index is -0.0807. The van der Waals surface area contributed by atoms with Crippen molar-refractivity contribution in [3.05, 3.63) is 22.2 Å². The molecule has 0 spiro atoms. The van der Waals surface area contributed by atoms with Crippen LogP contribution in [0.1, 0.15) is 52.9 Å². The fraction of sp³-hybridized carbons (Fsp3) is 0.571. The summed E-state index contributed by atoms with van der Waals surface area (Å²) < 4.78 is 1.61. The second-order valence-corrected chi connectivity index (χ2v) is 10.4. The molecule has 9 nitrogen and oxygen atoms in total. The maximum Gasteiger partial charge on any atom is 0.254 e. The molecule has 2 fully saturated rings. The third-order valence-corrected chi connectivity index (χ3v) is 7.64. The number of fused-ring (bicyclic) bond motifs is 1. The van der Waals surface area contributed by atoms with Crippen molar-refractivity contribution in [2.24, 2.45) is 18.9 Å². The lowest BCUT2D eigenvalue weighted by Gasteiger charge is -2.25. The van der Waals surface area contributed by atoms with Crippen LogP contribution in [0.15, 0.2) is 6.20 Å². The maximum atomic E-state index is 13.1. The molecular weight excluding hydrogens is 446 g/mol. The van der Waals surface area contributed by atoms with Gasteiger partial charge >= 0.3 is 0 Å². The molecule has 5 rings (SSSR count). The van der Waals surface area contributed by atoms with E-state index in [4.69, 9.17) is 12.2 Å². The zero-order valence-electron chi connectivity index (χ0n) is 17.9. The molecule has 0 aromatic carbocycles. The van der Waals surface area contributed by atoms with Crippen LogP contribution in [0.25, 0.3) is 0 Å². The minimum Gasteiger partial charge on any atom is -0.359 e. The molecule has 170 valence electrons. The van der Waals surface area contributed by atoms with Gasteiger partial charge in [0.15, 0.2) is 10.9 Å². The van der Waals surface area contributed by atoms with Crippen LogP contribution in [-0.2, 0) is 24.7 Å². The number of carbonyl (C=O) groups excluding carboxylic acids is 2. The van der Waals surface area contributed by atoms with Gasteiger partial charge in [0, 0.05) is 30.4 Å². The van der Waals surface area contributed by atoms with Crippen molar-refractivity contribution in [3.63, 3.8) is 0 Å². The molecule has 0 unspecified atom stereocenters. The smallest absolute Gasteiger partial charge is 0.254 e. The second-order valence-electron chi connectivity index (χ2n) is 8.91. The van der Waals surface area contributed by atoms with E-state index in [2.05, 4.69) is 31.6 Å². The first-order chi connectivity index (χ1) is 15.5. The van der Waals surface area contributed by atoms with Crippen LogP contribution in [0.3, 0.4) is 0 Å². The largest absolute Gasteiger partial charge is 0.359 e. The molecular formula is C21H27N7O2S2. The number of nitrogens with one attached hydrogen (secondary N) is 4. The number of aromatic nitrogens is 3. The number of thiophene rings is 1. The number of carbonyl (C=O) groups is 2. The molecule has 0 aliphatic heterocycles. The molecule has 2 amide bonds. The van der Waals surface area contributed by atoms with E-state index in [0.717, 1.165) is 31.2 Å². The predicted octanol–water partition coefficient (Wildman–Crippen LogP) is 2.21. The lowest BCUT2D eigenvalue weighted by atomic mass is 9.91. The average Bonchev–Trinajstić information content (AvgIpc) is 3.68. The summed E-state index contributed by atoms with van der Waals surface area (Å²) in [6.45, 7) is 0.702. The molecule has 0 radical (unpaired) electrons. The van der Waals surface area contributed by atoms with Gasteiger partial charge in [-0.25, -0.2) is 4.68 Å². The third-order valence-electron chi connectivity index (χ3n) is 6.21. The number of hydrogen-bond acceptors (Lipinski definition) is 6. The van der Waals surface area contributed by atoms with E-state index in [1.807, 2.05) is 0 Å². The number of amides is 2. The van der Waals surface area contributed by atoms with Gasteiger partial charge in [0.25, 0.3) is 5.91 Å². The molecule has 0 bridgehead atoms. The lowest BCUT2D eigenvalue weighted by molar-refractivity contribution is -0.117. The van der Waals surface area contributed by atoms with Crippen molar-refractivity contribution in [1.29, 1.82) is 0 Å². The van der Waals surface area contributed by atoms with Crippen LogP contribution < -0.4 is 21.3 Å². The average molecular weight is 474 g/mol. The first-order valence-electron chi connectivity index (χ1n) is 11.1. The monoisotopic (exact) mass is 473 g/mol. The van der Waals surface area contributed by atoms with Crippen molar-refractivity contribution >= 4 is 51.3 Å². The standard InChI is InChI=1S/C21H27N7O2S2/c1-28-16(10-23-27-28)25-21(31)24-13-6-7-15-14(8-13)17(19(30)22-9-11-2-3-11)20(32-15)26-18(29)12-4-5-12/h10-13H,2-9H2,1H3,(H,22,30)(H,26,29)(H2,24,25,31)/t13-/m0/s1. The molecule has 3 aliphatic carbocycles. The Kier molecular flexibility index (Phi) is 5.85. The van der Waals surface area contributed by atoms with Crippen LogP contribution in [0.2, 0.25) is 0 Å². The van der Waals surface area contributed by atoms with Crippen molar-refractivity contribution in [2.45, 2.75) is 51.0 Å². The van der Waals surface area contributed by atoms with Gasteiger partial charge in [0.05, 0.1) is 11.8 Å². The highest BCUT2D eigenvalue weighted by Crippen LogP contribution is 2.40. The topological polar surface area (TPSA) is 113 Å². The Morgan fingerprint density at radius 3 is 2.72 bits per heavy atom. The fourth-order valence-electron chi connectivity index (χ4n) is 3.98.